The van der Waals surface area contributed by atoms with E-state index < -0.39 is 0 Å². The first kappa shape index (κ1) is 16.6. The second-order valence-corrected chi connectivity index (χ2v) is 6.98. The number of anilines is 1. The molecular weight excluding hydrogens is 330 g/mol. The van der Waals surface area contributed by atoms with Gasteiger partial charge in [0.1, 0.15) is 11.2 Å². The lowest BCUT2D eigenvalue weighted by molar-refractivity contribution is -0.899. The van der Waals surface area contributed by atoms with Crippen LogP contribution >= 0.6 is 0 Å². The number of quaternary nitrogens is 1. The SMILES string of the molecule is NC(=O)[C@@H]1CCC[NH+](CC(=O)Nc2ccc3oc4ccccc4c3c2)C1. The van der Waals surface area contributed by atoms with Crippen molar-refractivity contribution in [1.82, 2.24) is 0 Å². The van der Waals surface area contributed by atoms with E-state index in [1.54, 1.807) is 0 Å². The number of furan rings is 1. The molecular formula is C20H22N3O3+. The van der Waals surface area contributed by atoms with Crippen LogP contribution < -0.4 is 16.0 Å². The molecule has 2 heterocycles. The molecule has 6 nitrogen and oxygen atoms in total. The van der Waals surface area contributed by atoms with Crippen LogP contribution in [-0.2, 0) is 9.59 Å². The van der Waals surface area contributed by atoms with Gasteiger partial charge in [0.25, 0.3) is 5.91 Å². The number of rotatable bonds is 4. The van der Waals surface area contributed by atoms with Crippen LogP contribution in [0.4, 0.5) is 5.69 Å². The van der Waals surface area contributed by atoms with Crippen LogP contribution in [0.25, 0.3) is 21.9 Å². The summed E-state index contributed by atoms with van der Waals surface area (Å²) in [5.41, 5.74) is 7.79. The summed E-state index contributed by atoms with van der Waals surface area (Å²) < 4.78 is 5.81. The van der Waals surface area contributed by atoms with Crippen molar-refractivity contribution in [2.75, 3.05) is 25.0 Å². The number of primary amides is 1. The fourth-order valence-corrected chi connectivity index (χ4v) is 3.79. The number of hydrogen-bond acceptors (Lipinski definition) is 3. The summed E-state index contributed by atoms with van der Waals surface area (Å²) >= 11 is 0. The lowest BCUT2D eigenvalue weighted by Crippen LogP contribution is -3.14. The average molecular weight is 352 g/mol. The van der Waals surface area contributed by atoms with Gasteiger partial charge in [0.2, 0.25) is 5.91 Å². The zero-order valence-electron chi connectivity index (χ0n) is 14.5. The van der Waals surface area contributed by atoms with Gasteiger partial charge < -0.3 is 20.4 Å². The Morgan fingerprint density at radius 3 is 2.81 bits per heavy atom. The van der Waals surface area contributed by atoms with Crippen LogP contribution in [-0.4, -0.2) is 31.4 Å². The van der Waals surface area contributed by atoms with Crippen molar-refractivity contribution in [2.45, 2.75) is 12.8 Å². The molecule has 1 aromatic heterocycles. The Bertz CT molecular complexity index is 979. The van der Waals surface area contributed by atoms with E-state index in [-0.39, 0.29) is 17.7 Å². The van der Waals surface area contributed by atoms with Gasteiger partial charge in [-0.1, -0.05) is 18.2 Å². The van der Waals surface area contributed by atoms with E-state index in [9.17, 15) is 9.59 Å². The maximum Gasteiger partial charge on any atom is 0.279 e. The van der Waals surface area contributed by atoms with Crippen molar-refractivity contribution in [3.8, 4) is 0 Å². The Morgan fingerprint density at radius 2 is 1.96 bits per heavy atom. The summed E-state index contributed by atoms with van der Waals surface area (Å²) in [6, 6.07) is 13.5. The van der Waals surface area contributed by atoms with E-state index in [0.717, 1.165) is 51.9 Å². The molecule has 0 bridgehead atoms. The van der Waals surface area contributed by atoms with Crippen molar-refractivity contribution >= 4 is 39.4 Å². The van der Waals surface area contributed by atoms with Crippen molar-refractivity contribution in [2.24, 2.45) is 11.7 Å². The summed E-state index contributed by atoms with van der Waals surface area (Å²) in [5.74, 6) is -0.447. The number of nitrogens with two attached hydrogens (primary N) is 1. The third kappa shape index (κ3) is 3.28. The second kappa shape index (κ2) is 6.80. The fourth-order valence-electron chi connectivity index (χ4n) is 3.79. The monoisotopic (exact) mass is 352 g/mol. The van der Waals surface area contributed by atoms with E-state index in [2.05, 4.69) is 5.32 Å². The number of hydrogen-bond donors (Lipinski definition) is 3. The predicted molar refractivity (Wildman–Crippen MR) is 99.8 cm³/mol. The molecule has 134 valence electrons. The van der Waals surface area contributed by atoms with Gasteiger partial charge in [-0.2, -0.15) is 0 Å². The van der Waals surface area contributed by atoms with Crippen molar-refractivity contribution < 1.29 is 18.9 Å². The molecule has 0 spiro atoms. The van der Waals surface area contributed by atoms with E-state index in [1.165, 1.54) is 0 Å². The summed E-state index contributed by atoms with van der Waals surface area (Å²) in [7, 11) is 0. The molecule has 4 rings (SSSR count). The van der Waals surface area contributed by atoms with Crippen LogP contribution in [0.1, 0.15) is 12.8 Å². The number of para-hydroxylation sites is 1. The number of piperidine rings is 1. The van der Waals surface area contributed by atoms with Crippen LogP contribution in [0.5, 0.6) is 0 Å². The third-order valence-electron chi connectivity index (χ3n) is 5.09. The molecule has 2 amide bonds. The first-order chi connectivity index (χ1) is 12.6. The normalized spacial score (nSPS) is 20.3. The Kier molecular flexibility index (Phi) is 4.34. The molecule has 0 saturated carbocycles. The van der Waals surface area contributed by atoms with Crippen LogP contribution in [0.2, 0.25) is 0 Å². The van der Waals surface area contributed by atoms with Crippen LogP contribution in [0, 0.1) is 5.92 Å². The molecule has 0 radical (unpaired) electrons. The molecule has 0 aliphatic carbocycles. The molecule has 3 aromatic rings. The molecule has 1 aliphatic heterocycles. The minimum Gasteiger partial charge on any atom is -0.456 e. The van der Waals surface area contributed by atoms with Gasteiger partial charge >= 0.3 is 0 Å². The predicted octanol–water partition coefficient (Wildman–Crippen LogP) is 1.30. The first-order valence-electron chi connectivity index (χ1n) is 8.94. The van der Waals surface area contributed by atoms with Crippen molar-refractivity contribution in [1.29, 1.82) is 0 Å². The van der Waals surface area contributed by atoms with Gasteiger partial charge in [0, 0.05) is 16.5 Å². The Hall–Kier alpha value is -2.86. The topological polar surface area (TPSA) is 89.8 Å². The highest BCUT2D eigenvalue weighted by Gasteiger charge is 2.28. The summed E-state index contributed by atoms with van der Waals surface area (Å²) in [5, 5.41) is 4.98. The number of benzene rings is 2. The van der Waals surface area contributed by atoms with Gasteiger partial charge in [-0.25, -0.2) is 0 Å². The second-order valence-electron chi connectivity index (χ2n) is 6.98. The molecule has 2 atom stereocenters. The number of carbonyl (C=O) groups excluding carboxylic acids is 2. The highest BCUT2D eigenvalue weighted by atomic mass is 16.3. The fraction of sp³-hybridized carbons (Fsp3) is 0.300. The highest BCUT2D eigenvalue weighted by molar-refractivity contribution is 6.06. The molecule has 26 heavy (non-hydrogen) atoms. The molecule has 1 aliphatic rings. The van der Waals surface area contributed by atoms with Crippen LogP contribution in [0.3, 0.4) is 0 Å². The Labute approximate surface area is 150 Å². The number of likely N-dealkylation sites (tertiary alicyclic amines) is 1. The smallest absolute Gasteiger partial charge is 0.279 e. The third-order valence-corrected chi connectivity index (χ3v) is 5.09. The van der Waals surface area contributed by atoms with Crippen molar-refractivity contribution in [3.63, 3.8) is 0 Å². The molecule has 1 unspecified atom stereocenters. The molecule has 2 aromatic carbocycles. The van der Waals surface area contributed by atoms with Gasteiger partial charge in [0.05, 0.1) is 19.0 Å². The van der Waals surface area contributed by atoms with E-state index in [0.29, 0.717) is 13.1 Å². The van der Waals surface area contributed by atoms with Crippen LogP contribution in [0.15, 0.2) is 46.9 Å². The Balaban J connectivity index is 1.47. The average Bonchev–Trinajstić information content (AvgIpc) is 3.00. The number of carbonyl (C=O) groups is 2. The number of amides is 2. The molecule has 1 saturated heterocycles. The molecule has 4 N–H and O–H groups in total. The lowest BCUT2D eigenvalue weighted by Gasteiger charge is -2.27. The zero-order chi connectivity index (χ0) is 18.1. The minimum atomic E-state index is -0.264. The number of nitrogens with one attached hydrogen (secondary N) is 2. The van der Waals surface area contributed by atoms with Gasteiger partial charge in [-0.15, -0.1) is 0 Å². The standard InChI is InChI=1S/C20H21N3O3/c21-20(25)13-4-3-9-23(11-13)12-19(24)22-14-7-8-18-16(10-14)15-5-1-2-6-17(15)26-18/h1-2,5-8,10,13H,3-4,9,11-12H2,(H2,21,25)(H,22,24)/p+1/t13-/m1/s1. The quantitative estimate of drug-likeness (QED) is 0.661. The largest absolute Gasteiger partial charge is 0.456 e. The molecule has 6 heteroatoms. The minimum absolute atomic E-state index is 0.0581. The maximum atomic E-state index is 12.4. The van der Waals surface area contributed by atoms with E-state index in [1.807, 2.05) is 42.5 Å². The maximum absolute atomic E-state index is 12.4. The van der Waals surface area contributed by atoms with E-state index >= 15 is 0 Å². The summed E-state index contributed by atoms with van der Waals surface area (Å²) in [6.07, 6.45) is 1.74. The lowest BCUT2D eigenvalue weighted by atomic mass is 9.97. The zero-order valence-corrected chi connectivity index (χ0v) is 14.5. The number of fused-ring (bicyclic) bond motifs is 3. The van der Waals surface area contributed by atoms with E-state index in [4.69, 9.17) is 10.2 Å². The van der Waals surface area contributed by atoms with Gasteiger partial charge in [-0.3, -0.25) is 9.59 Å². The van der Waals surface area contributed by atoms with Crippen molar-refractivity contribution in [3.05, 3.63) is 42.5 Å². The first-order valence-corrected chi connectivity index (χ1v) is 8.94. The Morgan fingerprint density at radius 1 is 1.15 bits per heavy atom. The van der Waals surface area contributed by atoms with Gasteiger partial charge in [-0.05, 0) is 37.1 Å². The summed E-state index contributed by atoms with van der Waals surface area (Å²) in [6.45, 7) is 1.87. The molecule has 1 fully saturated rings. The van der Waals surface area contributed by atoms with Gasteiger partial charge in [0.15, 0.2) is 6.54 Å². The summed E-state index contributed by atoms with van der Waals surface area (Å²) in [4.78, 5) is 24.9. The highest BCUT2D eigenvalue weighted by Crippen LogP contribution is 2.30.